The fourth-order valence-corrected chi connectivity index (χ4v) is 3.07. The molecule has 2 nitrogen and oxygen atoms in total. The summed E-state index contributed by atoms with van der Waals surface area (Å²) in [6, 6.07) is 4.17. The Hall–Kier alpha value is -0.540. The van der Waals surface area contributed by atoms with Gasteiger partial charge in [-0.2, -0.15) is 11.8 Å². The summed E-state index contributed by atoms with van der Waals surface area (Å²) in [5.74, 6) is 3.34. The van der Waals surface area contributed by atoms with Crippen molar-refractivity contribution in [2.24, 2.45) is 5.92 Å². The van der Waals surface area contributed by atoms with Gasteiger partial charge in [-0.05, 0) is 49.2 Å². The number of nitrogens with one attached hydrogen (secondary N) is 1. The molecule has 82 valence electrons. The van der Waals surface area contributed by atoms with Gasteiger partial charge in [0, 0.05) is 18.1 Å². The quantitative estimate of drug-likeness (QED) is 0.846. The van der Waals surface area contributed by atoms with Gasteiger partial charge in [0.1, 0.15) is 0 Å². The highest BCUT2D eigenvalue weighted by atomic mass is 32.2. The summed E-state index contributed by atoms with van der Waals surface area (Å²) in [7, 11) is 0. The molecule has 1 aliphatic rings. The van der Waals surface area contributed by atoms with Gasteiger partial charge in [0.05, 0.1) is 0 Å². The molecule has 0 amide bonds. The summed E-state index contributed by atoms with van der Waals surface area (Å²) in [6.07, 6.45) is 6.50. The maximum absolute atomic E-state index is 4.13. The van der Waals surface area contributed by atoms with Crippen LogP contribution in [0.3, 0.4) is 0 Å². The molecule has 0 radical (unpaired) electrons. The summed E-state index contributed by atoms with van der Waals surface area (Å²) in [5.41, 5.74) is 1.34. The summed E-state index contributed by atoms with van der Waals surface area (Å²) >= 11 is 2.05. The molecule has 1 aromatic heterocycles. The molecule has 2 heterocycles. The third kappa shape index (κ3) is 3.84. The van der Waals surface area contributed by atoms with Crippen molar-refractivity contribution in [2.75, 3.05) is 18.8 Å². The molecule has 1 aliphatic heterocycles. The molecule has 0 unspecified atom stereocenters. The average Bonchev–Trinajstić information content (AvgIpc) is 2.32. The first-order valence-corrected chi connectivity index (χ1v) is 6.78. The number of piperidine rings is 1. The van der Waals surface area contributed by atoms with Crippen LogP contribution in [0, 0.1) is 5.92 Å². The standard InChI is InChI=1S/C12H18N2S/c1-2-12(8-14-5-1)10-15-9-11-3-6-13-7-4-11/h1-2,5,8,11,13H,3-4,6-7,9-10H2. The molecule has 0 spiro atoms. The Balaban J connectivity index is 1.66. The summed E-state index contributed by atoms with van der Waals surface area (Å²) in [6.45, 7) is 2.41. The summed E-state index contributed by atoms with van der Waals surface area (Å²) in [5, 5.41) is 3.40. The van der Waals surface area contributed by atoms with E-state index in [2.05, 4.69) is 16.4 Å². The van der Waals surface area contributed by atoms with E-state index >= 15 is 0 Å². The Morgan fingerprint density at radius 1 is 1.40 bits per heavy atom. The first-order valence-electron chi connectivity index (χ1n) is 5.62. The van der Waals surface area contributed by atoms with Crippen LogP contribution in [-0.4, -0.2) is 23.8 Å². The van der Waals surface area contributed by atoms with Crippen LogP contribution in [0.5, 0.6) is 0 Å². The lowest BCUT2D eigenvalue weighted by Gasteiger charge is -2.21. The second-order valence-electron chi connectivity index (χ2n) is 4.07. The predicted octanol–water partition coefficient (Wildman–Crippen LogP) is 2.31. The maximum atomic E-state index is 4.13. The molecule has 0 saturated carbocycles. The molecule has 2 rings (SSSR count). The predicted molar refractivity (Wildman–Crippen MR) is 66.0 cm³/mol. The van der Waals surface area contributed by atoms with Crippen LogP contribution in [0.2, 0.25) is 0 Å². The van der Waals surface area contributed by atoms with Crippen LogP contribution >= 0.6 is 11.8 Å². The van der Waals surface area contributed by atoms with E-state index in [0.29, 0.717) is 0 Å². The van der Waals surface area contributed by atoms with Crippen LogP contribution in [0.25, 0.3) is 0 Å². The highest BCUT2D eigenvalue weighted by molar-refractivity contribution is 7.98. The minimum atomic E-state index is 0.924. The molecule has 0 atom stereocenters. The highest BCUT2D eigenvalue weighted by Crippen LogP contribution is 2.20. The summed E-state index contributed by atoms with van der Waals surface area (Å²) < 4.78 is 0. The maximum Gasteiger partial charge on any atom is 0.0308 e. The highest BCUT2D eigenvalue weighted by Gasteiger charge is 2.12. The SMILES string of the molecule is c1cncc(CSCC2CCNCC2)c1. The Morgan fingerprint density at radius 3 is 3.00 bits per heavy atom. The van der Waals surface area contributed by atoms with E-state index < -0.39 is 0 Å². The fraction of sp³-hybridized carbons (Fsp3) is 0.583. The van der Waals surface area contributed by atoms with Gasteiger partial charge in [0.25, 0.3) is 0 Å². The van der Waals surface area contributed by atoms with E-state index in [4.69, 9.17) is 0 Å². The third-order valence-electron chi connectivity index (χ3n) is 2.80. The normalized spacial score (nSPS) is 17.9. The average molecular weight is 222 g/mol. The number of hydrogen-bond acceptors (Lipinski definition) is 3. The van der Waals surface area contributed by atoms with Crippen molar-refractivity contribution in [3.05, 3.63) is 30.1 Å². The summed E-state index contributed by atoms with van der Waals surface area (Å²) in [4.78, 5) is 4.13. The molecule has 1 aromatic rings. The van der Waals surface area contributed by atoms with Crippen LogP contribution in [0.1, 0.15) is 18.4 Å². The lowest BCUT2D eigenvalue weighted by atomic mass is 10.0. The second-order valence-corrected chi connectivity index (χ2v) is 5.10. The molecule has 0 bridgehead atoms. The van der Waals surface area contributed by atoms with Gasteiger partial charge in [-0.3, -0.25) is 4.98 Å². The number of rotatable bonds is 4. The largest absolute Gasteiger partial charge is 0.317 e. The van der Waals surface area contributed by atoms with Crippen molar-refractivity contribution in [3.8, 4) is 0 Å². The minimum absolute atomic E-state index is 0.924. The molecular formula is C12H18N2S. The Bertz CT molecular complexity index is 270. The first-order chi connectivity index (χ1) is 7.45. The topological polar surface area (TPSA) is 24.9 Å². The van der Waals surface area contributed by atoms with Gasteiger partial charge in [0.15, 0.2) is 0 Å². The van der Waals surface area contributed by atoms with Crippen molar-refractivity contribution in [1.29, 1.82) is 0 Å². The van der Waals surface area contributed by atoms with Crippen LogP contribution < -0.4 is 5.32 Å². The van der Waals surface area contributed by atoms with Gasteiger partial charge in [0.2, 0.25) is 0 Å². The van der Waals surface area contributed by atoms with Gasteiger partial charge >= 0.3 is 0 Å². The number of hydrogen-bond donors (Lipinski definition) is 1. The van der Waals surface area contributed by atoms with Crippen molar-refractivity contribution in [1.82, 2.24) is 10.3 Å². The van der Waals surface area contributed by atoms with E-state index in [1.165, 1.54) is 37.2 Å². The van der Waals surface area contributed by atoms with Crippen molar-refractivity contribution in [3.63, 3.8) is 0 Å². The molecule has 15 heavy (non-hydrogen) atoms. The smallest absolute Gasteiger partial charge is 0.0308 e. The number of aromatic nitrogens is 1. The van der Waals surface area contributed by atoms with Crippen LogP contribution in [0.15, 0.2) is 24.5 Å². The lowest BCUT2D eigenvalue weighted by molar-refractivity contribution is 0.408. The minimum Gasteiger partial charge on any atom is -0.317 e. The van der Waals surface area contributed by atoms with Crippen LogP contribution in [-0.2, 0) is 5.75 Å². The molecule has 0 aliphatic carbocycles. The van der Waals surface area contributed by atoms with Gasteiger partial charge in [-0.1, -0.05) is 6.07 Å². The molecule has 1 N–H and O–H groups in total. The monoisotopic (exact) mass is 222 g/mol. The molecule has 3 heteroatoms. The van der Waals surface area contributed by atoms with Gasteiger partial charge in [-0.25, -0.2) is 0 Å². The molecular weight excluding hydrogens is 204 g/mol. The molecule has 1 fully saturated rings. The van der Waals surface area contributed by atoms with Crippen molar-refractivity contribution in [2.45, 2.75) is 18.6 Å². The zero-order valence-electron chi connectivity index (χ0n) is 8.98. The Labute approximate surface area is 95.9 Å². The van der Waals surface area contributed by atoms with Gasteiger partial charge in [-0.15, -0.1) is 0 Å². The van der Waals surface area contributed by atoms with Crippen molar-refractivity contribution >= 4 is 11.8 Å². The fourth-order valence-electron chi connectivity index (χ4n) is 1.88. The van der Waals surface area contributed by atoms with Gasteiger partial charge < -0.3 is 5.32 Å². The van der Waals surface area contributed by atoms with E-state index in [1.807, 2.05) is 30.2 Å². The number of thioether (sulfide) groups is 1. The lowest BCUT2D eigenvalue weighted by Crippen LogP contribution is -2.28. The van der Waals surface area contributed by atoms with Crippen LogP contribution in [0.4, 0.5) is 0 Å². The Morgan fingerprint density at radius 2 is 2.27 bits per heavy atom. The zero-order valence-corrected chi connectivity index (χ0v) is 9.80. The Kier molecular flexibility index (Phi) is 4.48. The number of pyridine rings is 1. The molecule has 1 saturated heterocycles. The third-order valence-corrected chi connectivity index (χ3v) is 4.05. The number of nitrogens with zero attached hydrogens (tertiary/aromatic N) is 1. The second kappa shape index (κ2) is 6.13. The van der Waals surface area contributed by atoms with Crippen molar-refractivity contribution < 1.29 is 0 Å². The van der Waals surface area contributed by atoms with E-state index in [9.17, 15) is 0 Å². The van der Waals surface area contributed by atoms with E-state index in [1.54, 1.807) is 0 Å². The van der Waals surface area contributed by atoms with E-state index in [-0.39, 0.29) is 0 Å². The zero-order chi connectivity index (χ0) is 10.3. The van der Waals surface area contributed by atoms with E-state index in [0.717, 1.165) is 11.7 Å². The first kappa shape index (κ1) is 11.0. The molecule has 0 aromatic carbocycles.